The summed E-state index contributed by atoms with van der Waals surface area (Å²) in [5, 5.41) is 0.510. The average Bonchev–Trinajstić information content (AvgIpc) is 2.76. The molecular formula is C12H12BrFN2OS. The Labute approximate surface area is 117 Å². The van der Waals surface area contributed by atoms with Gasteiger partial charge in [-0.3, -0.25) is 0 Å². The zero-order valence-corrected chi connectivity index (χ0v) is 11.9. The molecule has 1 saturated heterocycles. The Morgan fingerprint density at radius 2 is 2.39 bits per heavy atom. The summed E-state index contributed by atoms with van der Waals surface area (Å²) in [5.74, 6) is 0.747. The monoisotopic (exact) mass is 330 g/mol. The summed E-state index contributed by atoms with van der Waals surface area (Å²) in [6.45, 7) is 1.00. The number of rotatable bonds is 1. The van der Waals surface area contributed by atoms with Crippen LogP contribution in [0, 0.1) is 11.7 Å². The molecule has 0 aromatic heterocycles. The van der Waals surface area contributed by atoms with Gasteiger partial charge >= 0.3 is 0 Å². The highest BCUT2D eigenvalue weighted by atomic mass is 79.9. The second-order valence-corrected chi connectivity index (χ2v) is 6.48. The van der Waals surface area contributed by atoms with E-state index in [4.69, 9.17) is 10.5 Å². The molecule has 2 N–H and O–H groups in total. The van der Waals surface area contributed by atoms with E-state index in [2.05, 4.69) is 20.9 Å². The van der Waals surface area contributed by atoms with Gasteiger partial charge in [-0.25, -0.2) is 9.38 Å². The first-order chi connectivity index (χ1) is 8.62. The largest absolute Gasteiger partial charge is 0.379 e. The predicted molar refractivity (Wildman–Crippen MR) is 74.2 cm³/mol. The molecule has 0 saturated carbocycles. The smallest absolute Gasteiger partial charge is 0.154 e. The Kier molecular flexibility index (Phi) is 3.11. The minimum absolute atomic E-state index is 0.179. The van der Waals surface area contributed by atoms with Crippen molar-refractivity contribution in [3.63, 3.8) is 0 Å². The minimum Gasteiger partial charge on any atom is -0.379 e. The maximum atomic E-state index is 14.1. The Morgan fingerprint density at radius 1 is 1.56 bits per heavy atom. The van der Waals surface area contributed by atoms with E-state index in [1.54, 1.807) is 12.1 Å². The Morgan fingerprint density at radius 3 is 3.22 bits per heavy atom. The van der Waals surface area contributed by atoms with Crippen LogP contribution in [0.25, 0.3) is 0 Å². The number of nitrogens with zero attached hydrogens (tertiary/aromatic N) is 1. The normalized spacial score (nSPS) is 31.0. The van der Waals surface area contributed by atoms with Gasteiger partial charge in [0.25, 0.3) is 0 Å². The fraction of sp³-hybridized carbons (Fsp3) is 0.417. The SMILES string of the molecule is NC1=NC2(c3cc(Br)ccc3F)COCC2CS1. The van der Waals surface area contributed by atoms with Crippen LogP contribution in [0.1, 0.15) is 5.56 Å². The van der Waals surface area contributed by atoms with Crippen molar-refractivity contribution in [1.29, 1.82) is 0 Å². The number of nitrogens with two attached hydrogens (primary N) is 1. The second-order valence-electron chi connectivity index (χ2n) is 4.52. The van der Waals surface area contributed by atoms with E-state index in [0.717, 1.165) is 10.2 Å². The Bertz CT molecular complexity index is 525. The molecule has 0 bridgehead atoms. The van der Waals surface area contributed by atoms with Gasteiger partial charge < -0.3 is 10.5 Å². The highest BCUT2D eigenvalue weighted by Crippen LogP contribution is 2.45. The molecule has 3 rings (SSSR count). The van der Waals surface area contributed by atoms with Gasteiger partial charge in [0.05, 0.1) is 13.2 Å². The van der Waals surface area contributed by atoms with Gasteiger partial charge in [-0.15, -0.1) is 0 Å². The van der Waals surface area contributed by atoms with Crippen LogP contribution in [-0.4, -0.2) is 24.1 Å². The first kappa shape index (κ1) is 12.4. The number of hydrogen-bond acceptors (Lipinski definition) is 4. The van der Waals surface area contributed by atoms with E-state index < -0.39 is 5.54 Å². The van der Waals surface area contributed by atoms with E-state index >= 15 is 0 Å². The zero-order valence-electron chi connectivity index (χ0n) is 9.53. The summed E-state index contributed by atoms with van der Waals surface area (Å²) >= 11 is 4.89. The number of benzene rings is 1. The van der Waals surface area contributed by atoms with Gasteiger partial charge in [0.1, 0.15) is 11.4 Å². The van der Waals surface area contributed by atoms with Crippen LogP contribution in [0.4, 0.5) is 4.39 Å². The van der Waals surface area contributed by atoms with Crippen molar-refractivity contribution in [3.8, 4) is 0 Å². The molecule has 6 heteroatoms. The minimum atomic E-state index is -0.650. The lowest BCUT2D eigenvalue weighted by Gasteiger charge is -2.34. The summed E-state index contributed by atoms with van der Waals surface area (Å²) in [5.41, 5.74) is 5.75. The Hall–Kier alpha value is -0.590. The molecule has 18 heavy (non-hydrogen) atoms. The fourth-order valence-corrected chi connectivity index (χ4v) is 3.86. The van der Waals surface area contributed by atoms with Crippen molar-refractivity contribution in [2.45, 2.75) is 5.54 Å². The highest BCUT2D eigenvalue weighted by Gasteiger charge is 2.49. The predicted octanol–water partition coefficient (Wildman–Crippen LogP) is 2.49. The number of aliphatic imine (C=N–C) groups is 1. The van der Waals surface area contributed by atoms with Crippen LogP contribution < -0.4 is 5.73 Å². The molecule has 2 heterocycles. The summed E-state index contributed by atoms with van der Waals surface area (Å²) in [6.07, 6.45) is 0. The van der Waals surface area contributed by atoms with E-state index in [1.165, 1.54) is 17.8 Å². The maximum Gasteiger partial charge on any atom is 0.154 e. The molecule has 0 spiro atoms. The molecule has 2 aliphatic rings. The van der Waals surface area contributed by atoms with Crippen LogP contribution in [-0.2, 0) is 10.3 Å². The van der Waals surface area contributed by atoms with Crippen molar-refractivity contribution in [2.24, 2.45) is 16.6 Å². The summed E-state index contributed by atoms with van der Waals surface area (Å²) in [7, 11) is 0. The molecule has 2 unspecified atom stereocenters. The van der Waals surface area contributed by atoms with Crippen molar-refractivity contribution in [1.82, 2.24) is 0 Å². The molecule has 3 nitrogen and oxygen atoms in total. The van der Waals surface area contributed by atoms with E-state index in [0.29, 0.717) is 23.9 Å². The first-order valence-corrected chi connectivity index (χ1v) is 7.41. The van der Waals surface area contributed by atoms with Gasteiger partial charge in [-0.2, -0.15) is 0 Å². The van der Waals surface area contributed by atoms with Crippen molar-refractivity contribution in [2.75, 3.05) is 19.0 Å². The number of fused-ring (bicyclic) bond motifs is 1. The van der Waals surface area contributed by atoms with Gasteiger partial charge in [-0.05, 0) is 18.2 Å². The number of halogens is 2. The van der Waals surface area contributed by atoms with Crippen LogP contribution in [0.15, 0.2) is 27.7 Å². The number of thioether (sulfide) groups is 1. The third-order valence-corrected chi connectivity index (χ3v) is 4.90. The fourth-order valence-electron chi connectivity index (χ4n) is 2.52. The van der Waals surface area contributed by atoms with E-state index in [1.807, 2.05) is 0 Å². The highest BCUT2D eigenvalue weighted by molar-refractivity contribution is 9.10. The molecule has 1 aromatic carbocycles. The van der Waals surface area contributed by atoms with Crippen LogP contribution in [0.5, 0.6) is 0 Å². The van der Waals surface area contributed by atoms with E-state index in [-0.39, 0.29) is 11.7 Å². The summed E-state index contributed by atoms with van der Waals surface area (Å²) in [4.78, 5) is 4.52. The quantitative estimate of drug-likeness (QED) is 0.860. The molecule has 0 aliphatic carbocycles. The van der Waals surface area contributed by atoms with Crippen molar-refractivity contribution < 1.29 is 9.13 Å². The van der Waals surface area contributed by atoms with Crippen molar-refractivity contribution in [3.05, 3.63) is 34.1 Å². The van der Waals surface area contributed by atoms with Gasteiger partial charge in [0.15, 0.2) is 5.17 Å². The van der Waals surface area contributed by atoms with Gasteiger partial charge in [-0.1, -0.05) is 27.7 Å². The lowest BCUT2D eigenvalue weighted by molar-refractivity contribution is 0.176. The van der Waals surface area contributed by atoms with Crippen LogP contribution in [0.3, 0.4) is 0 Å². The molecule has 1 aromatic rings. The van der Waals surface area contributed by atoms with Crippen molar-refractivity contribution >= 4 is 32.9 Å². The van der Waals surface area contributed by atoms with Crippen LogP contribution in [0.2, 0.25) is 0 Å². The third-order valence-electron chi connectivity index (χ3n) is 3.45. The molecule has 96 valence electrons. The molecular weight excluding hydrogens is 319 g/mol. The number of hydrogen-bond donors (Lipinski definition) is 1. The molecule has 0 amide bonds. The lowest BCUT2D eigenvalue weighted by atomic mass is 9.81. The third kappa shape index (κ3) is 1.87. The molecule has 1 fully saturated rings. The summed E-state index contributed by atoms with van der Waals surface area (Å²) in [6, 6.07) is 4.92. The second kappa shape index (κ2) is 4.51. The standard InChI is InChI=1S/C12H12BrFN2OS/c13-8-1-2-10(14)9(3-8)12-6-17-4-7(12)5-18-11(15)16-12/h1-3,7H,4-6H2,(H2,15,16). The average molecular weight is 331 g/mol. The van der Waals surface area contributed by atoms with Gasteiger partial charge in [0.2, 0.25) is 0 Å². The zero-order chi connectivity index (χ0) is 12.8. The summed E-state index contributed by atoms with van der Waals surface area (Å²) < 4.78 is 20.5. The molecule has 2 aliphatic heterocycles. The lowest BCUT2D eigenvalue weighted by Crippen LogP contribution is -2.40. The first-order valence-electron chi connectivity index (χ1n) is 5.63. The van der Waals surface area contributed by atoms with Crippen LogP contribution >= 0.6 is 27.7 Å². The van der Waals surface area contributed by atoms with E-state index in [9.17, 15) is 4.39 Å². The number of ether oxygens (including phenoxy) is 1. The molecule has 0 radical (unpaired) electrons. The topological polar surface area (TPSA) is 47.6 Å². The molecule has 2 atom stereocenters. The maximum absolute atomic E-state index is 14.1. The number of amidine groups is 1. The van der Waals surface area contributed by atoms with Gasteiger partial charge in [0, 0.05) is 21.7 Å². The Balaban J connectivity index is 2.17.